The van der Waals surface area contributed by atoms with Crippen molar-refractivity contribution in [1.29, 1.82) is 0 Å². The van der Waals surface area contributed by atoms with E-state index in [0.29, 0.717) is 22.3 Å². The molecule has 0 saturated carbocycles. The van der Waals surface area contributed by atoms with Crippen LogP contribution in [0.2, 0.25) is 0 Å². The van der Waals surface area contributed by atoms with Gasteiger partial charge in [-0.05, 0) is 108 Å². The van der Waals surface area contributed by atoms with E-state index in [1.54, 1.807) is 6.07 Å². The maximum Gasteiger partial charge on any atom is 0.164 e. The topological polar surface area (TPSA) is 65.0 Å². The van der Waals surface area contributed by atoms with Crippen molar-refractivity contribution in [3.8, 4) is 56.4 Å². The minimum absolute atomic E-state index is 0.128. The molecule has 1 aliphatic rings. The summed E-state index contributed by atoms with van der Waals surface area (Å²) in [7, 11) is 0. The Morgan fingerprint density at radius 3 is 1.86 bits per heavy atom. The highest BCUT2D eigenvalue weighted by Gasteiger charge is 2.37. The summed E-state index contributed by atoms with van der Waals surface area (Å²) in [5.74, 6) is 0.0964. The number of aromatic nitrogens is 3. The van der Waals surface area contributed by atoms with Gasteiger partial charge in [-0.2, -0.15) is 0 Å². The maximum absolute atomic E-state index is 9.97. The summed E-state index contributed by atoms with van der Waals surface area (Å²) in [6, 6.07) is 14.7. The molecule has 10 aromatic carbocycles. The van der Waals surface area contributed by atoms with Crippen molar-refractivity contribution in [3.05, 3.63) is 199 Å². The molecular weight excluding hydrogens is 795 g/mol. The molecule has 1 aliphatic carbocycles. The minimum atomic E-state index is -0.822. The second kappa shape index (κ2) is 13.3. The fraction of sp³-hybridized carbons (Fsp3) is 0.0500. The van der Waals surface area contributed by atoms with Crippen molar-refractivity contribution < 1.29 is 32.1 Å². The summed E-state index contributed by atoms with van der Waals surface area (Å²) in [6.07, 6.45) is 0. The van der Waals surface area contributed by atoms with Crippen LogP contribution in [0.15, 0.2) is 196 Å². The normalized spacial score (nSPS) is 16.9. The summed E-state index contributed by atoms with van der Waals surface area (Å²) in [5.41, 5.74) is 3.54. The zero-order chi connectivity index (χ0) is 57.8. The average molecular weight is 849 g/mol. The minimum Gasteiger partial charge on any atom is -0.456 e. The van der Waals surface area contributed by atoms with E-state index in [1.807, 2.05) is 72.8 Å². The van der Waals surface area contributed by atoms with Gasteiger partial charge in [0.2, 0.25) is 0 Å². The SMILES string of the molecule is [2H]c1c([2H])c(-c2c([2H])c([2H])c3c4c([2H])c([2H])c([2H])c([2H])c4c4c([2H])c([2H])c([2H])c([2H])c4c3c2[2H])c2c(oc3c([2H])c(-c4nc(-c5ccc6c(c5)oc5ccccc56)nc(-c5cccc6c5-c5ccccc5C6(C)C)n4)c([2H])c([2H])c32)c1[2H]. The van der Waals surface area contributed by atoms with E-state index in [-0.39, 0.29) is 39.2 Å². The third kappa shape index (κ3) is 5.24. The number of hydrogen-bond donors (Lipinski definition) is 0. The van der Waals surface area contributed by atoms with Crippen LogP contribution in [0.5, 0.6) is 0 Å². The first-order valence-corrected chi connectivity index (χ1v) is 20.8. The van der Waals surface area contributed by atoms with Crippen LogP contribution in [0.4, 0.5) is 0 Å². The molecule has 0 bridgehead atoms. The zero-order valence-corrected chi connectivity index (χ0v) is 34.2. The lowest BCUT2D eigenvalue weighted by Gasteiger charge is -2.21. The summed E-state index contributed by atoms with van der Waals surface area (Å²) >= 11 is 0. The maximum atomic E-state index is 9.97. The van der Waals surface area contributed by atoms with Gasteiger partial charge in [-0.3, -0.25) is 0 Å². The fourth-order valence-electron chi connectivity index (χ4n) is 9.57. The van der Waals surface area contributed by atoms with E-state index < -0.39 is 157 Å². The Labute approximate surface area is 397 Å². The van der Waals surface area contributed by atoms with Gasteiger partial charge in [-0.1, -0.05) is 159 Å². The van der Waals surface area contributed by atoms with Gasteiger partial charge >= 0.3 is 0 Å². The quantitative estimate of drug-likeness (QED) is 0.165. The van der Waals surface area contributed by atoms with Crippen LogP contribution in [-0.2, 0) is 5.41 Å². The molecule has 5 heteroatoms. The van der Waals surface area contributed by atoms with E-state index >= 15 is 0 Å². The van der Waals surface area contributed by atoms with Crippen molar-refractivity contribution in [2.75, 3.05) is 0 Å². The third-order valence-corrected chi connectivity index (χ3v) is 12.6. The van der Waals surface area contributed by atoms with Crippen LogP contribution < -0.4 is 0 Å². The van der Waals surface area contributed by atoms with Crippen LogP contribution in [0, 0.1) is 0 Å². The first-order chi connectivity index (χ1) is 39.1. The number of rotatable bonds is 4. The standard InChI is InChI=1S/C60H37N3O2/c1-60(2)49-21-9-7-18-45(49)55-47(20-11-22-50(55)60)59-62-57(35-26-29-44-43-17-8-10-23-51(43)64-53(44)32-35)61-58(63-59)36-27-30-46-54(33-36)65-52-24-12-19-37(56(46)52)34-25-28-42-40-15-4-3-13-38(40)39-14-5-6-16-41(39)48(42)31-34/h3-33H,1-2H3/i3D,4D,5D,6D,12D,13D,14D,15D,16D,19D,24D,25D,27D,28D,30D,31D,33D. The van der Waals surface area contributed by atoms with E-state index in [1.165, 1.54) is 0 Å². The Balaban J connectivity index is 1.07. The molecule has 0 aliphatic heterocycles. The first-order valence-electron chi connectivity index (χ1n) is 29.3. The molecular formula is C60H37N3O2. The molecule has 13 aromatic rings. The van der Waals surface area contributed by atoms with Crippen LogP contribution >= 0.6 is 0 Å². The molecule has 0 atom stereocenters. The van der Waals surface area contributed by atoms with Gasteiger partial charge in [0, 0.05) is 43.7 Å². The second-order valence-corrected chi connectivity index (χ2v) is 16.5. The third-order valence-electron chi connectivity index (χ3n) is 12.6. The summed E-state index contributed by atoms with van der Waals surface area (Å²) in [6.45, 7) is 4.26. The number of para-hydroxylation sites is 1. The molecule has 304 valence electrons. The van der Waals surface area contributed by atoms with Gasteiger partial charge in [-0.25, -0.2) is 15.0 Å². The van der Waals surface area contributed by atoms with Crippen molar-refractivity contribution in [2.45, 2.75) is 19.3 Å². The fourth-order valence-corrected chi connectivity index (χ4v) is 9.57. The van der Waals surface area contributed by atoms with Gasteiger partial charge < -0.3 is 8.83 Å². The summed E-state index contributed by atoms with van der Waals surface area (Å²) in [4.78, 5) is 15.0. The van der Waals surface area contributed by atoms with Gasteiger partial charge in [0.25, 0.3) is 0 Å². The van der Waals surface area contributed by atoms with Gasteiger partial charge in [0.1, 0.15) is 22.3 Å². The van der Waals surface area contributed by atoms with Gasteiger partial charge in [0.05, 0.1) is 23.3 Å². The van der Waals surface area contributed by atoms with Crippen molar-refractivity contribution in [2.24, 2.45) is 0 Å². The van der Waals surface area contributed by atoms with Gasteiger partial charge in [0.15, 0.2) is 17.5 Å². The highest BCUT2D eigenvalue weighted by Crippen LogP contribution is 2.52. The van der Waals surface area contributed by atoms with Crippen molar-refractivity contribution >= 4 is 76.2 Å². The van der Waals surface area contributed by atoms with Crippen LogP contribution in [0.1, 0.15) is 48.3 Å². The first kappa shape index (κ1) is 23.3. The Hall–Kier alpha value is -8.41. The van der Waals surface area contributed by atoms with Crippen LogP contribution in [0.3, 0.4) is 0 Å². The van der Waals surface area contributed by atoms with Crippen LogP contribution in [-0.4, -0.2) is 15.0 Å². The largest absolute Gasteiger partial charge is 0.456 e. The van der Waals surface area contributed by atoms with E-state index in [0.717, 1.165) is 33.0 Å². The predicted octanol–water partition coefficient (Wildman–Crippen LogP) is 16.1. The van der Waals surface area contributed by atoms with E-state index in [9.17, 15) is 12.3 Å². The lowest BCUT2D eigenvalue weighted by Crippen LogP contribution is -2.14. The lowest BCUT2D eigenvalue weighted by atomic mass is 9.82. The van der Waals surface area contributed by atoms with Gasteiger partial charge in [-0.15, -0.1) is 0 Å². The van der Waals surface area contributed by atoms with Crippen molar-refractivity contribution in [3.63, 3.8) is 0 Å². The van der Waals surface area contributed by atoms with Crippen molar-refractivity contribution in [1.82, 2.24) is 15.0 Å². The zero-order valence-electron chi connectivity index (χ0n) is 51.2. The molecule has 14 rings (SSSR count). The van der Waals surface area contributed by atoms with E-state index in [2.05, 4.69) is 19.9 Å². The molecule has 0 unspecified atom stereocenters. The molecule has 65 heavy (non-hydrogen) atoms. The monoisotopic (exact) mass is 848 g/mol. The summed E-state index contributed by atoms with van der Waals surface area (Å²) in [5, 5.41) is -1.38. The second-order valence-electron chi connectivity index (χ2n) is 16.5. The Bertz CT molecular complexity index is 5140. The molecule has 0 fully saturated rings. The Morgan fingerprint density at radius 1 is 0.400 bits per heavy atom. The number of nitrogens with zero attached hydrogens (tertiary/aromatic N) is 3. The Morgan fingerprint density at radius 2 is 1.03 bits per heavy atom. The van der Waals surface area contributed by atoms with E-state index in [4.69, 9.17) is 34.8 Å². The van der Waals surface area contributed by atoms with Crippen LogP contribution in [0.25, 0.3) is 133 Å². The predicted molar refractivity (Wildman–Crippen MR) is 266 cm³/mol. The molecule has 0 N–H and O–H groups in total. The molecule has 5 nitrogen and oxygen atoms in total. The highest BCUT2D eigenvalue weighted by atomic mass is 16.3. The lowest BCUT2D eigenvalue weighted by molar-refractivity contribution is 0.660. The molecule has 0 saturated heterocycles. The Kier molecular flexibility index (Phi) is 4.77. The highest BCUT2D eigenvalue weighted by molar-refractivity contribution is 6.26. The molecule has 0 radical (unpaired) electrons. The number of fused-ring (bicyclic) bond motifs is 15. The molecule has 3 heterocycles. The number of benzene rings is 10. The molecule has 0 spiro atoms. The number of hydrogen-bond acceptors (Lipinski definition) is 5. The average Bonchev–Trinajstić information content (AvgIpc) is 1.42. The smallest absolute Gasteiger partial charge is 0.164 e. The molecule has 0 amide bonds. The molecule has 3 aromatic heterocycles. The summed E-state index contributed by atoms with van der Waals surface area (Å²) < 4.78 is 170. The number of furan rings is 2.